The molecule has 0 atom stereocenters. The second kappa shape index (κ2) is 4.15. The first-order valence-electron chi connectivity index (χ1n) is 6.60. The number of hydrogen-bond donors (Lipinski definition) is 0. The van der Waals surface area contributed by atoms with Crippen LogP contribution in [0.15, 0.2) is 30.5 Å². The monoisotopic (exact) mass is 282 g/mol. The minimum atomic E-state index is 0.599. The fourth-order valence-electron chi connectivity index (χ4n) is 3.02. The van der Waals surface area contributed by atoms with E-state index in [4.69, 9.17) is 14.2 Å². The molecule has 106 valence electrons. The topological polar surface area (TPSA) is 45.0 Å². The van der Waals surface area contributed by atoms with Crippen LogP contribution in [0, 0.1) is 0 Å². The van der Waals surface area contributed by atoms with E-state index in [1.165, 1.54) is 0 Å². The third-order valence-corrected chi connectivity index (χ3v) is 3.88. The van der Waals surface area contributed by atoms with Gasteiger partial charge in [0.15, 0.2) is 11.5 Å². The quantitative estimate of drug-likeness (QED) is 0.579. The van der Waals surface area contributed by atoms with E-state index >= 15 is 0 Å². The van der Waals surface area contributed by atoms with Gasteiger partial charge in [0.1, 0.15) is 5.65 Å². The highest BCUT2D eigenvalue weighted by Gasteiger charge is 2.22. The lowest BCUT2D eigenvalue weighted by atomic mass is 10.1. The fourth-order valence-corrected chi connectivity index (χ4v) is 3.02. The molecular weight excluding hydrogens is 268 g/mol. The lowest BCUT2D eigenvalue weighted by molar-refractivity contribution is 0.327. The van der Waals surface area contributed by atoms with Gasteiger partial charge in [-0.05, 0) is 18.2 Å². The zero-order chi connectivity index (χ0) is 14.6. The van der Waals surface area contributed by atoms with Crippen LogP contribution in [0.5, 0.6) is 17.2 Å². The van der Waals surface area contributed by atoms with Gasteiger partial charge in [-0.15, -0.1) is 0 Å². The summed E-state index contributed by atoms with van der Waals surface area (Å²) in [6.45, 7) is 0. The summed E-state index contributed by atoms with van der Waals surface area (Å²) >= 11 is 0. The molecule has 5 nitrogen and oxygen atoms in total. The highest BCUT2D eigenvalue weighted by atomic mass is 16.5. The number of hydrogen-bond acceptors (Lipinski definition) is 4. The maximum atomic E-state index is 5.61. The number of methoxy groups -OCH3 is 3. The summed E-state index contributed by atoms with van der Waals surface area (Å²) in [6, 6.07) is 8.05. The van der Waals surface area contributed by atoms with E-state index in [1.807, 2.05) is 24.4 Å². The number of nitrogens with zero attached hydrogens (tertiary/aromatic N) is 2. The average molecular weight is 282 g/mol. The first kappa shape index (κ1) is 12.1. The molecule has 0 saturated carbocycles. The molecule has 0 saturated heterocycles. The summed E-state index contributed by atoms with van der Waals surface area (Å²) < 4.78 is 18.6. The van der Waals surface area contributed by atoms with Crippen molar-refractivity contribution in [2.24, 2.45) is 0 Å². The van der Waals surface area contributed by atoms with Crippen molar-refractivity contribution in [2.75, 3.05) is 21.3 Å². The van der Waals surface area contributed by atoms with Crippen LogP contribution in [0.4, 0.5) is 0 Å². The van der Waals surface area contributed by atoms with Crippen molar-refractivity contribution < 1.29 is 14.2 Å². The standard InChI is InChI=1S/C16H14N2O3/c1-19-12-7-10-13(15(21-3)14(12)20-2)11-6-4-5-9-8-17-16(10)18(9)11/h4-8H,1-3H3. The van der Waals surface area contributed by atoms with Gasteiger partial charge in [-0.2, -0.15) is 0 Å². The second-order valence-electron chi connectivity index (χ2n) is 4.82. The Balaban J connectivity index is 2.32. The van der Waals surface area contributed by atoms with Gasteiger partial charge < -0.3 is 14.2 Å². The van der Waals surface area contributed by atoms with Crippen molar-refractivity contribution in [2.45, 2.75) is 0 Å². The predicted molar refractivity (Wildman–Crippen MR) is 81.0 cm³/mol. The van der Waals surface area contributed by atoms with Crippen LogP contribution in [0.25, 0.3) is 27.5 Å². The number of rotatable bonds is 3. The molecule has 4 aromatic rings. The molecule has 0 radical (unpaired) electrons. The average Bonchev–Trinajstić information content (AvgIpc) is 3.09. The van der Waals surface area contributed by atoms with Gasteiger partial charge in [0.25, 0.3) is 0 Å². The summed E-state index contributed by atoms with van der Waals surface area (Å²) in [5, 5.41) is 1.98. The van der Waals surface area contributed by atoms with Crippen LogP contribution in [-0.4, -0.2) is 30.7 Å². The Labute approximate surface area is 121 Å². The maximum Gasteiger partial charge on any atom is 0.204 e. The Morgan fingerprint density at radius 1 is 1.00 bits per heavy atom. The molecule has 5 heteroatoms. The molecule has 0 aliphatic heterocycles. The number of aromatic nitrogens is 2. The van der Waals surface area contributed by atoms with E-state index in [9.17, 15) is 0 Å². The molecule has 0 bridgehead atoms. The molecule has 4 rings (SSSR count). The molecular formula is C16H14N2O3. The molecule has 0 aliphatic carbocycles. The summed E-state index contributed by atoms with van der Waals surface area (Å²) in [7, 11) is 4.87. The third-order valence-electron chi connectivity index (χ3n) is 3.88. The summed E-state index contributed by atoms with van der Waals surface area (Å²) in [4.78, 5) is 4.52. The zero-order valence-corrected chi connectivity index (χ0v) is 12.0. The Kier molecular flexibility index (Phi) is 2.39. The molecule has 0 aliphatic rings. The molecule has 0 N–H and O–H groups in total. The number of pyridine rings is 1. The van der Waals surface area contributed by atoms with Gasteiger partial charge in [0.2, 0.25) is 5.75 Å². The van der Waals surface area contributed by atoms with E-state index in [-0.39, 0.29) is 0 Å². The minimum absolute atomic E-state index is 0.599. The van der Waals surface area contributed by atoms with E-state index in [1.54, 1.807) is 21.3 Å². The fraction of sp³-hybridized carbons (Fsp3) is 0.188. The normalized spacial score (nSPS) is 11.6. The Morgan fingerprint density at radius 3 is 2.52 bits per heavy atom. The molecule has 0 spiro atoms. The van der Waals surface area contributed by atoms with Crippen molar-refractivity contribution in [3.8, 4) is 17.2 Å². The molecule has 0 amide bonds. The van der Waals surface area contributed by atoms with Crippen molar-refractivity contribution in [1.29, 1.82) is 0 Å². The van der Waals surface area contributed by atoms with E-state index in [0.717, 1.165) is 27.5 Å². The van der Waals surface area contributed by atoms with Gasteiger partial charge >= 0.3 is 0 Å². The van der Waals surface area contributed by atoms with Crippen LogP contribution >= 0.6 is 0 Å². The maximum absolute atomic E-state index is 5.61. The van der Waals surface area contributed by atoms with Gasteiger partial charge in [-0.3, -0.25) is 4.40 Å². The highest BCUT2D eigenvalue weighted by Crippen LogP contribution is 2.47. The smallest absolute Gasteiger partial charge is 0.204 e. The Bertz CT molecular complexity index is 958. The third kappa shape index (κ3) is 1.38. The van der Waals surface area contributed by atoms with Crippen molar-refractivity contribution in [1.82, 2.24) is 9.38 Å². The van der Waals surface area contributed by atoms with Crippen molar-refractivity contribution in [3.63, 3.8) is 0 Å². The lowest BCUT2D eigenvalue weighted by Crippen LogP contribution is -1.95. The molecule has 0 fully saturated rings. The number of imidazole rings is 1. The lowest BCUT2D eigenvalue weighted by Gasteiger charge is -2.13. The Morgan fingerprint density at radius 2 is 1.81 bits per heavy atom. The van der Waals surface area contributed by atoms with Gasteiger partial charge in [0, 0.05) is 5.39 Å². The highest BCUT2D eigenvalue weighted by molar-refractivity contribution is 6.13. The number of fused-ring (bicyclic) bond motifs is 3. The van der Waals surface area contributed by atoms with Crippen LogP contribution in [0.1, 0.15) is 0 Å². The van der Waals surface area contributed by atoms with Gasteiger partial charge in [0.05, 0.1) is 43.9 Å². The van der Waals surface area contributed by atoms with Crippen LogP contribution in [0.3, 0.4) is 0 Å². The van der Waals surface area contributed by atoms with Crippen LogP contribution in [0.2, 0.25) is 0 Å². The largest absolute Gasteiger partial charge is 0.493 e. The molecule has 0 unspecified atom stereocenters. The predicted octanol–water partition coefficient (Wildman–Crippen LogP) is 3.10. The number of benzene rings is 1. The summed E-state index contributed by atoms with van der Waals surface area (Å²) in [5.74, 6) is 1.91. The second-order valence-corrected chi connectivity index (χ2v) is 4.82. The van der Waals surface area contributed by atoms with Crippen molar-refractivity contribution in [3.05, 3.63) is 30.5 Å². The van der Waals surface area contributed by atoms with Gasteiger partial charge in [-0.1, -0.05) is 6.07 Å². The van der Waals surface area contributed by atoms with E-state index < -0.39 is 0 Å². The minimum Gasteiger partial charge on any atom is -0.493 e. The molecule has 1 aromatic carbocycles. The molecule has 3 heterocycles. The summed E-state index contributed by atoms with van der Waals surface area (Å²) in [5.41, 5.74) is 3.00. The Hall–Kier alpha value is -2.69. The first-order chi connectivity index (χ1) is 10.3. The SMILES string of the molecule is COc1cc2c(c(OC)c1OC)c1cccc3cnc2n31. The summed E-state index contributed by atoms with van der Waals surface area (Å²) in [6.07, 6.45) is 1.87. The molecule has 21 heavy (non-hydrogen) atoms. The molecule has 3 aromatic heterocycles. The number of ether oxygens (including phenoxy) is 3. The van der Waals surface area contributed by atoms with Crippen LogP contribution in [-0.2, 0) is 0 Å². The van der Waals surface area contributed by atoms with Crippen LogP contribution < -0.4 is 14.2 Å². The first-order valence-corrected chi connectivity index (χ1v) is 6.60. The van der Waals surface area contributed by atoms with E-state index in [2.05, 4.69) is 15.5 Å². The van der Waals surface area contributed by atoms with Crippen molar-refractivity contribution >= 4 is 27.5 Å². The zero-order valence-electron chi connectivity index (χ0n) is 12.0. The van der Waals surface area contributed by atoms with Gasteiger partial charge in [-0.25, -0.2) is 4.98 Å². The van der Waals surface area contributed by atoms with E-state index in [0.29, 0.717) is 17.2 Å².